The Morgan fingerprint density at radius 1 is 1.88 bits per heavy atom. The van der Waals surface area contributed by atoms with Crippen LogP contribution in [0.4, 0.5) is 0 Å². The van der Waals surface area contributed by atoms with Crippen LogP contribution in [0.25, 0.3) is 0 Å². The third-order valence-corrected chi connectivity index (χ3v) is 0.566. The van der Waals surface area contributed by atoms with Crippen LogP contribution in [-0.4, -0.2) is 18.8 Å². The molecule has 0 fully saturated rings. The number of carbonyl (C=O) groups excluding carboxylic acids is 1. The van der Waals surface area contributed by atoms with Gasteiger partial charge in [-0.15, -0.1) is 0 Å². The van der Waals surface area contributed by atoms with E-state index in [0.29, 0.717) is 12.8 Å². The van der Waals surface area contributed by atoms with E-state index in [4.69, 9.17) is 5.41 Å². The van der Waals surface area contributed by atoms with Crippen molar-refractivity contribution in [2.75, 3.05) is 6.61 Å². The summed E-state index contributed by atoms with van der Waals surface area (Å²) in [6, 6.07) is 0. The summed E-state index contributed by atoms with van der Waals surface area (Å²) in [5, 5.41) is 6.39. The Morgan fingerprint density at radius 3 is 2.88 bits per heavy atom. The molecule has 0 aliphatic rings. The highest BCUT2D eigenvalue weighted by molar-refractivity contribution is 6.21. The highest BCUT2D eigenvalue weighted by Gasteiger charge is 1.91. The Balaban J connectivity index is 3.11. The smallest absolute Gasteiger partial charge is 0.348 e. The third-order valence-electron chi connectivity index (χ3n) is 0.566. The number of carbonyl (C=O) groups is 1. The van der Waals surface area contributed by atoms with Crippen LogP contribution in [0.15, 0.2) is 0 Å². The number of hydrogen-bond donors (Lipinski definition) is 1. The van der Waals surface area contributed by atoms with Crippen molar-refractivity contribution in [3.8, 4) is 0 Å². The second kappa shape index (κ2) is 4.30. The van der Waals surface area contributed by atoms with Crippen molar-refractivity contribution in [1.82, 2.24) is 0 Å². The highest BCUT2D eigenvalue weighted by atomic mass is 16.5. The van der Waals surface area contributed by atoms with Gasteiger partial charge >= 0.3 is 5.97 Å². The topological polar surface area (TPSA) is 50.2 Å². The maximum absolute atomic E-state index is 10.1. The quantitative estimate of drug-likeness (QED) is 0.432. The fraction of sp³-hybridized carbons (Fsp3) is 0.600. The summed E-state index contributed by atoms with van der Waals surface area (Å²) >= 11 is 0. The van der Waals surface area contributed by atoms with Crippen molar-refractivity contribution in [2.45, 2.75) is 13.3 Å². The number of esters is 1. The Labute approximate surface area is 48.2 Å². The Morgan fingerprint density at radius 2 is 2.50 bits per heavy atom. The van der Waals surface area contributed by atoms with E-state index < -0.39 is 5.97 Å². The first-order valence-electron chi connectivity index (χ1n) is 2.48. The lowest BCUT2D eigenvalue weighted by atomic mass is 10.5. The van der Waals surface area contributed by atoms with Gasteiger partial charge in [0.05, 0.1) is 6.61 Å². The average molecular weight is 115 g/mol. The van der Waals surface area contributed by atoms with Gasteiger partial charge in [-0.1, -0.05) is 6.92 Å². The van der Waals surface area contributed by atoms with Crippen molar-refractivity contribution in [1.29, 1.82) is 5.41 Å². The molecule has 0 aliphatic carbocycles. The Hall–Kier alpha value is -0.860. The standard InChI is InChI=1S/C5H9NO2/c1-2-3-8-5(7)4-6/h4,6H,2-3H2,1H3. The molecule has 0 rings (SSSR count). The van der Waals surface area contributed by atoms with E-state index in [1.807, 2.05) is 6.92 Å². The predicted octanol–water partition coefficient (Wildman–Crippen LogP) is 0.589. The van der Waals surface area contributed by atoms with Gasteiger partial charge in [0, 0.05) is 0 Å². The number of hydrogen-bond acceptors (Lipinski definition) is 3. The molecule has 0 radical (unpaired) electrons. The molecule has 3 heteroatoms. The molecule has 46 valence electrons. The zero-order chi connectivity index (χ0) is 6.41. The fourth-order valence-electron chi connectivity index (χ4n) is 0.244. The molecule has 0 atom stereocenters. The molecule has 0 heterocycles. The molecule has 0 amide bonds. The van der Waals surface area contributed by atoms with Gasteiger partial charge in [-0.2, -0.15) is 0 Å². The molecule has 0 saturated heterocycles. The van der Waals surface area contributed by atoms with Crippen LogP contribution >= 0.6 is 0 Å². The zero-order valence-corrected chi connectivity index (χ0v) is 4.81. The van der Waals surface area contributed by atoms with Gasteiger partial charge in [0.2, 0.25) is 0 Å². The summed E-state index contributed by atoms with van der Waals surface area (Å²) in [6.07, 6.45) is 1.47. The average Bonchev–Trinajstić information content (AvgIpc) is 1.83. The molecule has 0 aliphatic heterocycles. The maximum atomic E-state index is 10.1. The summed E-state index contributed by atoms with van der Waals surface area (Å²) < 4.78 is 4.46. The lowest BCUT2D eigenvalue weighted by Crippen LogP contribution is -2.04. The van der Waals surface area contributed by atoms with Crippen LogP contribution in [0.5, 0.6) is 0 Å². The molecular weight excluding hydrogens is 106 g/mol. The predicted molar refractivity (Wildman–Crippen MR) is 30.0 cm³/mol. The van der Waals surface area contributed by atoms with Crippen LogP contribution in [0.2, 0.25) is 0 Å². The SMILES string of the molecule is CCCOC(=O)C=N. The van der Waals surface area contributed by atoms with Crippen LogP contribution < -0.4 is 0 Å². The largest absolute Gasteiger partial charge is 0.461 e. The summed E-state index contributed by atoms with van der Waals surface area (Å²) in [5.74, 6) is -0.563. The Bertz CT molecular complexity index is 90.4. The van der Waals surface area contributed by atoms with Gasteiger partial charge in [0.15, 0.2) is 0 Å². The van der Waals surface area contributed by atoms with Crippen molar-refractivity contribution in [2.24, 2.45) is 0 Å². The first kappa shape index (κ1) is 7.14. The molecule has 0 bridgehead atoms. The number of ether oxygens (including phenoxy) is 1. The zero-order valence-electron chi connectivity index (χ0n) is 4.81. The molecule has 0 aromatic rings. The molecule has 8 heavy (non-hydrogen) atoms. The Kier molecular flexibility index (Phi) is 3.84. The molecule has 0 spiro atoms. The summed E-state index contributed by atoms with van der Waals surface area (Å²) in [6.45, 7) is 2.31. The second-order valence-electron chi connectivity index (χ2n) is 1.31. The molecule has 0 aromatic heterocycles. The van der Waals surface area contributed by atoms with E-state index in [1.54, 1.807) is 0 Å². The van der Waals surface area contributed by atoms with E-state index in [9.17, 15) is 4.79 Å². The minimum Gasteiger partial charge on any atom is -0.461 e. The summed E-state index contributed by atoms with van der Waals surface area (Å²) in [5.41, 5.74) is 0. The fourth-order valence-corrected chi connectivity index (χ4v) is 0.244. The molecule has 1 N–H and O–H groups in total. The lowest BCUT2D eigenvalue weighted by Gasteiger charge is -1.94. The molecule has 0 saturated carbocycles. The van der Waals surface area contributed by atoms with Crippen LogP contribution in [-0.2, 0) is 9.53 Å². The van der Waals surface area contributed by atoms with Crippen molar-refractivity contribution in [3.05, 3.63) is 0 Å². The van der Waals surface area contributed by atoms with Gasteiger partial charge in [-0.3, -0.25) is 0 Å². The van der Waals surface area contributed by atoms with E-state index >= 15 is 0 Å². The van der Waals surface area contributed by atoms with Gasteiger partial charge in [-0.05, 0) is 6.42 Å². The van der Waals surface area contributed by atoms with E-state index in [-0.39, 0.29) is 0 Å². The van der Waals surface area contributed by atoms with Gasteiger partial charge in [-0.25, -0.2) is 4.79 Å². The van der Waals surface area contributed by atoms with Crippen molar-refractivity contribution < 1.29 is 9.53 Å². The van der Waals surface area contributed by atoms with Gasteiger partial charge < -0.3 is 10.1 Å². The van der Waals surface area contributed by atoms with Gasteiger partial charge in [0.1, 0.15) is 6.21 Å². The normalized spacial score (nSPS) is 8.12. The maximum Gasteiger partial charge on any atom is 0.348 e. The highest BCUT2D eigenvalue weighted by Crippen LogP contribution is 1.77. The second-order valence-corrected chi connectivity index (χ2v) is 1.31. The van der Waals surface area contributed by atoms with E-state index in [2.05, 4.69) is 4.74 Å². The van der Waals surface area contributed by atoms with Crippen molar-refractivity contribution >= 4 is 12.2 Å². The third kappa shape index (κ3) is 3.33. The first-order chi connectivity index (χ1) is 3.81. The molecule has 3 nitrogen and oxygen atoms in total. The summed E-state index contributed by atoms with van der Waals surface area (Å²) in [7, 11) is 0. The lowest BCUT2D eigenvalue weighted by molar-refractivity contribution is -0.135. The van der Waals surface area contributed by atoms with Crippen LogP contribution in [0, 0.1) is 5.41 Å². The minimum atomic E-state index is -0.563. The van der Waals surface area contributed by atoms with Crippen LogP contribution in [0.1, 0.15) is 13.3 Å². The molecule has 0 aromatic carbocycles. The van der Waals surface area contributed by atoms with E-state index in [1.165, 1.54) is 0 Å². The monoisotopic (exact) mass is 115 g/mol. The molecular formula is C5H9NO2. The molecule has 0 unspecified atom stereocenters. The minimum absolute atomic E-state index is 0.411. The van der Waals surface area contributed by atoms with Crippen LogP contribution in [0.3, 0.4) is 0 Å². The number of nitrogens with one attached hydrogen (secondary N) is 1. The van der Waals surface area contributed by atoms with E-state index in [0.717, 1.165) is 6.42 Å². The first-order valence-corrected chi connectivity index (χ1v) is 2.48. The van der Waals surface area contributed by atoms with Crippen molar-refractivity contribution in [3.63, 3.8) is 0 Å². The van der Waals surface area contributed by atoms with Gasteiger partial charge in [0.25, 0.3) is 0 Å². The number of rotatable bonds is 3. The summed E-state index contributed by atoms with van der Waals surface area (Å²) in [4.78, 5) is 10.1.